The summed E-state index contributed by atoms with van der Waals surface area (Å²) in [6.07, 6.45) is 14.2. The van der Waals surface area contributed by atoms with E-state index in [4.69, 9.17) is 0 Å². The molecular weight excluding hydrogens is 456 g/mol. The fourth-order valence-electron chi connectivity index (χ4n) is 5.92. The van der Waals surface area contributed by atoms with Gasteiger partial charge in [0.25, 0.3) is 0 Å². The number of unbranched alkanes of at least 4 members (excludes halogenated alkanes) is 2. The van der Waals surface area contributed by atoms with Crippen LogP contribution in [0.4, 0.5) is 0 Å². The van der Waals surface area contributed by atoms with E-state index < -0.39 is 0 Å². The lowest BCUT2D eigenvalue weighted by Crippen LogP contribution is -2.32. The molecule has 0 unspecified atom stereocenters. The number of benzene rings is 4. The third kappa shape index (κ3) is 5.09. The highest BCUT2D eigenvalue weighted by Crippen LogP contribution is 2.49. The Bertz CT molecular complexity index is 1350. The highest BCUT2D eigenvalue weighted by molar-refractivity contribution is 5.76. The molecule has 0 heteroatoms. The maximum atomic E-state index is 3.96. The Morgan fingerprint density at radius 3 is 1.87 bits per heavy atom. The third-order valence-corrected chi connectivity index (χ3v) is 7.68. The molecule has 0 bridgehead atoms. The zero-order valence-electron chi connectivity index (χ0n) is 21.9. The minimum Gasteiger partial charge on any atom is -0.0990 e. The van der Waals surface area contributed by atoms with Crippen molar-refractivity contribution >= 4 is 5.57 Å². The molecule has 0 aliphatic heterocycles. The number of hydrogen-bond acceptors (Lipinski definition) is 0. The topological polar surface area (TPSA) is 0 Å². The van der Waals surface area contributed by atoms with E-state index in [1.807, 2.05) is 6.08 Å². The molecule has 1 aliphatic rings. The molecule has 1 aliphatic carbocycles. The Kier molecular flexibility index (Phi) is 8.98. The molecule has 5 rings (SSSR count). The monoisotopic (exact) mass is 496 g/mol. The summed E-state index contributed by atoms with van der Waals surface area (Å²) in [6.45, 7) is 6.20. The van der Waals surface area contributed by atoms with Crippen LogP contribution in [0.3, 0.4) is 0 Å². The van der Waals surface area contributed by atoms with Crippen molar-refractivity contribution in [1.29, 1.82) is 0 Å². The lowest BCUT2D eigenvalue weighted by Gasteiger charge is -2.38. The Labute approximate surface area is 230 Å². The van der Waals surface area contributed by atoms with E-state index in [1.54, 1.807) is 0 Å². The Morgan fingerprint density at radius 2 is 1.29 bits per heavy atom. The molecule has 4 aromatic carbocycles. The van der Waals surface area contributed by atoms with Gasteiger partial charge in [0, 0.05) is 0 Å². The fraction of sp³-hybridized carbons (Fsp3) is 0.211. The second kappa shape index (κ2) is 12.6. The standard InChI is InChI=1S/C37H36.CH4/c1-3-5-6-8-16-29(15-4-2)30-25-27-34(28-26-30)37(33-19-9-7-10-20-33)35-21-13-11-17-31(35)23-24-32-18-12-14-22-36(32)37;/h4,7-22,25-28H,2-3,5-6,23-24H2,1H3;1H4/b16-8-,29-15+;. The van der Waals surface area contributed by atoms with Gasteiger partial charge in [-0.3, -0.25) is 0 Å². The summed E-state index contributed by atoms with van der Waals surface area (Å²) < 4.78 is 0. The van der Waals surface area contributed by atoms with Gasteiger partial charge in [0.2, 0.25) is 0 Å². The normalized spacial score (nSPS) is 14.2. The lowest BCUT2D eigenvalue weighted by atomic mass is 9.63. The number of fused-ring (bicyclic) bond motifs is 2. The van der Waals surface area contributed by atoms with Crippen LogP contribution >= 0.6 is 0 Å². The van der Waals surface area contributed by atoms with Crippen LogP contribution in [0.1, 0.15) is 72.6 Å². The van der Waals surface area contributed by atoms with Gasteiger partial charge in [-0.15, -0.1) is 0 Å². The highest BCUT2D eigenvalue weighted by Gasteiger charge is 2.42. The summed E-state index contributed by atoms with van der Waals surface area (Å²) >= 11 is 0. The predicted octanol–water partition coefficient (Wildman–Crippen LogP) is 10.1. The van der Waals surface area contributed by atoms with Crippen molar-refractivity contribution in [3.63, 3.8) is 0 Å². The van der Waals surface area contributed by atoms with Crippen molar-refractivity contribution in [3.8, 4) is 0 Å². The average molecular weight is 497 g/mol. The molecule has 0 saturated heterocycles. The van der Waals surface area contributed by atoms with Gasteiger partial charge in [-0.05, 0) is 63.8 Å². The zero-order valence-corrected chi connectivity index (χ0v) is 21.9. The van der Waals surface area contributed by atoms with Crippen molar-refractivity contribution in [1.82, 2.24) is 0 Å². The minimum absolute atomic E-state index is 0. The van der Waals surface area contributed by atoms with Crippen LogP contribution < -0.4 is 0 Å². The van der Waals surface area contributed by atoms with Gasteiger partial charge in [-0.1, -0.05) is 161 Å². The van der Waals surface area contributed by atoms with Crippen LogP contribution in [0.15, 0.2) is 134 Å². The molecule has 4 aromatic rings. The molecular formula is C38H40. The third-order valence-electron chi connectivity index (χ3n) is 7.68. The molecule has 0 spiro atoms. The maximum absolute atomic E-state index is 3.96. The molecule has 0 fully saturated rings. The van der Waals surface area contributed by atoms with Crippen LogP contribution in [-0.2, 0) is 18.3 Å². The average Bonchev–Trinajstić information content (AvgIpc) is 3.11. The van der Waals surface area contributed by atoms with Gasteiger partial charge < -0.3 is 0 Å². The molecule has 0 atom stereocenters. The van der Waals surface area contributed by atoms with E-state index in [0.717, 1.165) is 19.3 Å². The second-order valence-corrected chi connectivity index (χ2v) is 9.91. The molecule has 0 amide bonds. The quantitative estimate of drug-likeness (QED) is 0.168. The first-order valence-corrected chi connectivity index (χ1v) is 13.6. The van der Waals surface area contributed by atoms with Crippen LogP contribution in [-0.4, -0.2) is 0 Å². The fourth-order valence-corrected chi connectivity index (χ4v) is 5.92. The van der Waals surface area contributed by atoms with Crippen molar-refractivity contribution in [2.24, 2.45) is 0 Å². The van der Waals surface area contributed by atoms with Crippen molar-refractivity contribution in [2.75, 3.05) is 0 Å². The smallest absolute Gasteiger partial charge is 0.0706 e. The van der Waals surface area contributed by atoms with Gasteiger partial charge in [0.1, 0.15) is 0 Å². The van der Waals surface area contributed by atoms with Gasteiger partial charge in [0.15, 0.2) is 0 Å². The highest BCUT2D eigenvalue weighted by atomic mass is 14.4. The van der Waals surface area contributed by atoms with E-state index in [-0.39, 0.29) is 12.8 Å². The molecule has 192 valence electrons. The van der Waals surface area contributed by atoms with E-state index in [0.29, 0.717) is 0 Å². The van der Waals surface area contributed by atoms with Crippen LogP contribution in [0.5, 0.6) is 0 Å². The Morgan fingerprint density at radius 1 is 0.737 bits per heavy atom. The molecule has 38 heavy (non-hydrogen) atoms. The van der Waals surface area contributed by atoms with Gasteiger partial charge in [-0.25, -0.2) is 0 Å². The summed E-state index contributed by atoms with van der Waals surface area (Å²) in [5.41, 5.74) is 10.3. The first-order valence-electron chi connectivity index (χ1n) is 13.6. The maximum Gasteiger partial charge on any atom is 0.0706 e. The number of allylic oxidation sites excluding steroid dienone is 5. The Hall–Kier alpha value is -3.90. The second-order valence-electron chi connectivity index (χ2n) is 9.91. The molecule has 0 N–H and O–H groups in total. The van der Waals surface area contributed by atoms with E-state index >= 15 is 0 Å². The van der Waals surface area contributed by atoms with Crippen LogP contribution in [0.2, 0.25) is 0 Å². The summed E-state index contributed by atoms with van der Waals surface area (Å²) in [4.78, 5) is 0. The van der Waals surface area contributed by atoms with Gasteiger partial charge in [-0.2, -0.15) is 0 Å². The molecule has 0 saturated carbocycles. The first kappa shape index (κ1) is 27.1. The Balaban J connectivity index is 0.00000336. The SMILES string of the molecule is C.C=C/C=C(\C=C/CCCC)c1ccc(C2(c3ccccc3)c3ccccc3CCc3ccccc32)cc1. The largest absolute Gasteiger partial charge is 0.0990 e. The number of rotatable bonds is 8. The lowest BCUT2D eigenvalue weighted by molar-refractivity contribution is 0.739. The number of hydrogen-bond donors (Lipinski definition) is 0. The zero-order chi connectivity index (χ0) is 25.5. The molecule has 0 radical (unpaired) electrons. The molecule has 0 heterocycles. The van der Waals surface area contributed by atoms with Gasteiger partial charge in [0.05, 0.1) is 5.41 Å². The number of aryl methyl sites for hydroxylation is 2. The van der Waals surface area contributed by atoms with Crippen molar-refractivity contribution in [3.05, 3.63) is 173 Å². The van der Waals surface area contributed by atoms with E-state index in [2.05, 4.69) is 135 Å². The predicted molar refractivity (Wildman–Crippen MR) is 166 cm³/mol. The molecule has 0 aromatic heterocycles. The minimum atomic E-state index is -0.372. The summed E-state index contributed by atoms with van der Waals surface area (Å²) in [7, 11) is 0. The van der Waals surface area contributed by atoms with E-state index in [1.165, 1.54) is 57.4 Å². The summed E-state index contributed by atoms with van der Waals surface area (Å²) in [5.74, 6) is 0. The van der Waals surface area contributed by atoms with Crippen LogP contribution in [0, 0.1) is 0 Å². The first-order chi connectivity index (χ1) is 18.3. The summed E-state index contributed by atoms with van der Waals surface area (Å²) in [6, 6.07) is 38.4. The van der Waals surface area contributed by atoms with Crippen LogP contribution in [0.25, 0.3) is 5.57 Å². The summed E-state index contributed by atoms with van der Waals surface area (Å²) in [5, 5.41) is 0. The van der Waals surface area contributed by atoms with Crippen molar-refractivity contribution < 1.29 is 0 Å². The molecule has 0 nitrogen and oxygen atoms in total. The van der Waals surface area contributed by atoms with Crippen molar-refractivity contribution in [2.45, 2.75) is 51.9 Å². The van der Waals surface area contributed by atoms with E-state index in [9.17, 15) is 0 Å². The van der Waals surface area contributed by atoms with Gasteiger partial charge >= 0.3 is 0 Å².